The molecule has 4 rings (SSSR count). The number of para-hydroxylation sites is 1. The summed E-state index contributed by atoms with van der Waals surface area (Å²) in [5.74, 6) is 1.62. The SMILES string of the molecule is Nc1nc(N2CCN(C(=O)c3cccc4c3OCCO4)CC2)cc(=O)[nH]1. The van der Waals surface area contributed by atoms with Crippen LogP contribution in [0.2, 0.25) is 0 Å². The van der Waals surface area contributed by atoms with Crippen molar-refractivity contribution in [1.82, 2.24) is 14.9 Å². The summed E-state index contributed by atoms with van der Waals surface area (Å²) in [5.41, 5.74) is 5.81. The minimum Gasteiger partial charge on any atom is -0.486 e. The second kappa shape index (κ2) is 6.58. The first-order chi connectivity index (χ1) is 12.6. The van der Waals surface area contributed by atoms with E-state index in [-0.39, 0.29) is 17.4 Å². The van der Waals surface area contributed by atoms with Crippen LogP contribution in [0.25, 0.3) is 0 Å². The van der Waals surface area contributed by atoms with Gasteiger partial charge in [0.2, 0.25) is 5.95 Å². The van der Waals surface area contributed by atoms with Gasteiger partial charge in [-0.25, -0.2) is 0 Å². The summed E-state index contributed by atoms with van der Waals surface area (Å²) in [6.45, 7) is 3.06. The molecule has 9 heteroatoms. The van der Waals surface area contributed by atoms with Crippen LogP contribution in [-0.4, -0.2) is 60.2 Å². The van der Waals surface area contributed by atoms with E-state index in [1.807, 2.05) is 4.90 Å². The van der Waals surface area contributed by atoms with E-state index in [9.17, 15) is 9.59 Å². The third-order valence-electron chi connectivity index (χ3n) is 4.43. The molecule has 0 saturated carbocycles. The molecule has 1 fully saturated rings. The lowest BCUT2D eigenvalue weighted by atomic mass is 10.1. The molecule has 3 N–H and O–H groups in total. The predicted octanol–water partition coefficient (Wildman–Crippen LogP) is 0.0857. The lowest BCUT2D eigenvalue weighted by molar-refractivity contribution is 0.0736. The van der Waals surface area contributed by atoms with E-state index in [1.165, 1.54) is 6.07 Å². The van der Waals surface area contributed by atoms with Crippen LogP contribution in [0, 0.1) is 0 Å². The van der Waals surface area contributed by atoms with Crippen molar-refractivity contribution < 1.29 is 14.3 Å². The van der Waals surface area contributed by atoms with Gasteiger partial charge in [0.05, 0.1) is 5.56 Å². The van der Waals surface area contributed by atoms with Gasteiger partial charge in [0.15, 0.2) is 11.5 Å². The highest BCUT2D eigenvalue weighted by Gasteiger charge is 2.27. The number of rotatable bonds is 2. The van der Waals surface area contributed by atoms with Crippen molar-refractivity contribution in [3.8, 4) is 11.5 Å². The summed E-state index contributed by atoms with van der Waals surface area (Å²) in [4.78, 5) is 34.7. The van der Waals surface area contributed by atoms with Crippen LogP contribution in [0.5, 0.6) is 11.5 Å². The number of carbonyl (C=O) groups excluding carboxylic acids is 1. The normalized spacial score (nSPS) is 16.5. The summed E-state index contributed by atoms with van der Waals surface area (Å²) in [5, 5.41) is 0. The number of hydrogen-bond acceptors (Lipinski definition) is 7. The van der Waals surface area contributed by atoms with Crippen LogP contribution < -0.4 is 25.7 Å². The Morgan fingerprint density at radius 1 is 1.15 bits per heavy atom. The molecular formula is C17H19N5O4. The predicted molar refractivity (Wildman–Crippen MR) is 94.8 cm³/mol. The summed E-state index contributed by atoms with van der Waals surface area (Å²) in [6.07, 6.45) is 0. The molecule has 2 aliphatic heterocycles. The number of H-pyrrole nitrogens is 1. The fraction of sp³-hybridized carbons (Fsp3) is 0.353. The van der Waals surface area contributed by atoms with Crippen molar-refractivity contribution in [1.29, 1.82) is 0 Å². The van der Waals surface area contributed by atoms with Gasteiger partial charge in [-0.05, 0) is 12.1 Å². The van der Waals surface area contributed by atoms with Crippen LogP contribution in [0.1, 0.15) is 10.4 Å². The number of ether oxygens (including phenoxy) is 2. The van der Waals surface area contributed by atoms with Gasteiger partial charge in [-0.1, -0.05) is 6.07 Å². The molecule has 1 amide bonds. The Morgan fingerprint density at radius 3 is 2.69 bits per heavy atom. The number of nitrogens with zero attached hydrogens (tertiary/aromatic N) is 3. The molecule has 0 spiro atoms. The number of nitrogens with two attached hydrogens (primary N) is 1. The Kier molecular flexibility index (Phi) is 4.11. The van der Waals surface area contributed by atoms with Gasteiger partial charge in [0, 0.05) is 32.2 Å². The molecule has 0 atom stereocenters. The lowest BCUT2D eigenvalue weighted by Gasteiger charge is -2.35. The molecule has 1 aromatic heterocycles. The third-order valence-corrected chi connectivity index (χ3v) is 4.43. The number of piperazine rings is 1. The van der Waals surface area contributed by atoms with Crippen molar-refractivity contribution in [2.45, 2.75) is 0 Å². The topological polar surface area (TPSA) is 114 Å². The number of aromatic nitrogens is 2. The zero-order valence-electron chi connectivity index (χ0n) is 14.1. The number of amides is 1. The second-order valence-electron chi connectivity index (χ2n) is 6.10. The number of carbonyl (C=O) groups is 1. The first-order valence-corrected chi connectivity index (χ1v) is 8.41. The van der Waals surface area contributed by atoms with Crippen LogP contribution in [-0.2, 0) is 0 Å². The van der Waals surface area contributed by atoms with Crippen molar-refractivity contribution in [3.63, 3.8) is 0 Å². The average Bonchev–Trinajstić information content (AvgIpc) is 2.66. The quantitative estimate of drug-likeness (QED) is 0.783. The molecule has 0 radical (unpaired) electrons. The first-order valence-electron chi connectivity index (χ1n) is 8.41. The number of hydrogen-bond donors (Lipinski definition) is 2. The largest absolute Gasteiger partial charge is 0.486 e. The minimum absolute atomic E-state index is 0.0825. The average molecular weight is 357 g/mol. The number of nitrogens with one attached hydrogen (secondary N) is 1. The number of nitrogen functional groups attached to an aromatic ring is 1. The molecule has 0 unspecified atom stereocenters. The molecular weight excluding hydrogens is 338 g/mol. The van der Waals surface area contributed by atoms with E-state index >= 15 is 0 Å². The molecule has 3 heterocycles. The molecule has 2 aromatic rings. The van der Waals surface area contributed by atoms with E-state index in [4.69, 9.17) is 15.2 Å². The number of aromatic amines is 1. The highest BCUT2D eigenvalue weighted by molar-refractivity contribution is 5.98. The maximum atomic E-state index is 12.9. The highest BCUT2D eigenvalue weighted by atomic mass is 16.6. The van der Waals surface area contributed by atoms with Gasteiger partial charge in [0.1, 0.15) is 19.0 Å². The number of anilines is 2. The fourth-order valence-electron chi connectivity index (χ4n) is 3.18. The third kappa shape index (κ3) is 3.03. The van der Waals surface area contributed by atoms with Crippen molar-refractivity contribution in [2.24, 2.45) is 0 Å². The Bertz CT molecular complexity index is 889. The summed E-state index contributed by atoms with van der Waals surface area (Å²) in [7, 11) is 0. The van der Waals surface area contributed by atoms with Crippen LogP contribution >= 0.6 is 0 Å². The second-order valence-corrected chi connectivity index (χ2v) is 6.10. The van der Waals surface area contributed by atoms with E-state index in [1.54, 1.807) is 23.1 Å². The van der Waals surface area contributed by atoms with E-state index in [0.29, 0.717) is 62.3 Å². The standard InChI is InChI=1S/C17H19N5O4/c18-17-19-13(10-14(23)20-17)21-4-6-22(7-5-21)16(24)11-2-1-3-12-15(11)26-9-8-25-12/h1-3,10H,4-9H2,(H3,18,19,20,23). The van der Waals surface area contributed by atoms with E-state index in [0.717, 1.165) is 0 Å². The smallest absolute Gasteiger partial charge is 0.257 e. The fourth-order valence-corrected chi connectivity index (χ4v) is 3.18. The highest BCUT2D eigenvalue weighted by Crippen LogP contribution is 2.34. The van der Waals surface area contributed by atoms with Gasteiger partial charge >= 0.3 is 0 Å². The zero-order valence-corrected chi connectivity index (χ0v) is 14.1. The maximum absolute atomic E-state index is 12.9. The zero-order chi connectivity index (χ0) is 18.1. The van der Waals surface area contributed by atoms with Crippen molar-refractivity contribution in [3.05, 3.63) is 40.2 Å². The molecule has 1 aromatic carbocycles. The summed E-state index contributed by atoms with van der Waals surface area (Å²) in [6, 6.07) is 6.75. The Morgan fingerprint density at radius 2 is 1.92 bits per heavy atom. The van der Waals surface area contributed by atoms with Gasteiger partial charge in [-0.2, -0.15) is 4.98 Å². The van der Waals surface area contributed by atoms with Crippen molar-refractivity contribution in [2.75, 3.05) is 50.0 Å². The van der Waals surface area contributed by atoms with Crippen LogP contribution in [0.4, 0.5) is 11.8 Å². The Labute approximate surface area is 149 Å². The Balaban J connectivity index is 1.48. The maximum Gasteiger partial charge on any atom is 0.257 e. The van der Waals surface area contributed by atoms with Gasteiger partial charge in [-0.3, -0.25) is 14.6 Å². The monoisotopic (exact) mass is 357 g/mol. The number of fused-ring (bicyclic) bond motifs is 1. The van der Waals surface area contributed by atoms with Crippen molar-refractivity contribution >= 4 is 17.7 Å². The number of benzene rings is 1. The van der Waals surface area contributed by atoms with E-state index in [2.05, 4.69) is 9.97 Å². The summed E-state index contributed by atoms with van der Waals surface area (Å²) < 4.78 is 11.2. The van der Waals surface area contributed by atoms with Gasteiger partial charge in [0.25, 0.3) is 11.5 Å². The lowest BCUT2D eigenvalue weighted by Crippen LogP contribution is -2.49. The molecule has 0 aliphatic carbocycles. The van der Waals surface area contributed by atoms with Gasteiger partial charge in [-0.15, -0.1) is 0 Å². The molecule has 2 aliphatic rings. The van der Waals surface area contributed by atoms with E-state index < -0.39 is 0 Å². The summed E-state index contributed by atoms with van der Waals surface area (Å²) >= 11 is 0. The molecule has 26 heavy (non-hydrogen) atoms. The molecule has 136 valence electrons. The molecule has 0 bridgehead atoms. The first kappa shape index (κ1) is 16.2. The molecule has 9 nitrogen and oxygen atoms in total. The minimum atomic E-state index is -0.293. The van der Waals surface area contributed by atoms with Gasteiger partial charge < -0.3 is 25.0 Å². The Hall–Kier alpha value is -3.23. The van der Waals surface area contributed by atoms with Crippen LogP contribution in [0.15, 0.2) is 29.1 Å². The van der Waals surface area contributed by atoms with Crippen LogP contribution in [0.3, 0.4) is 0 Å². The molecule has 1 saturated heterocycles.